The van der Waals surface area contributed by atoms with E-state index in [0.29, 0.717) is 24.9 Å². The summed E-state index contributed by atoms with van der Waals surface area (Å²) in [6, 6.07) is 16.6. The van der Waals surface area contributed by atoms with Gasteiger partial charge in [0.2, 0.25) is 5.91 Å². The van der Waals surface area contributed by atoms with Crippen molar-refractivity contribution in [2.75, 3.05) is 19.6 Å². The number of hydrogen-bond acceptors (Lipinski definition) is 5. The maximum atomic E-state index is 12.6. The van der Waals surface area contributed by atoms with E-state index in [1.54, 1.807) is 17.0 Å². The van der Waals surface area contributed by atoms with E-state index in [0.717, 1.165) is 11.1 Å². The molecule has 2 amide bonds. The third kappa shape index (κ3) is 3.94. The summed E-state index contributed by atoms with van der Waals surface area (Å²) in [6.07, 6.45) is 0.740. The highest BCUT2D eigenvalue weighted by Gasteiger charge is 2.48. The standard InChI is InChI=1S/C22H22N2O5/c25-19(13-23-21(27)28-14-16-7-2-1-3-8-16)24-12-6-11-22(15-24)18-10-5-4-9-17(18)20(26)29-22/h1-5,7-10H,6,11-15H2,(H,23,27). The molecule has 1 saturated heterocycles. The fourth-order valence-electron chi connectivity index (χ4n) is 3.92. The van der Waals surface area contributed by atoms with E-state index in [2.05, 4.69) is 5.32 Å². The molecule has 0 radical (unpaired) electrons. The summed E-state index contributed by atoms with van der Waals surface area (Å²) in [7, 11) is 0. The number of nitrogens with one attached hydrogen (secondary N) is 1. The number of carbonyl (C=O) groups excluding carboxylic acids is 3. The van der Waals surface area contributed by atoms with E-state index >= 15 is 0 Å². The second-order valence-corrected chi connectivity index (χ2v) is 7.26. The predicted octanol–water partition coefficient (Wildman–Crippen LogP) is 2.60. The number of piperidine rings is 1. The molecule has 1 fully saturated rings. The monoisotopic (exact) mass is 394 g/mol. The van der Waals surface area contributed by atoms with Crippen molar-refractivity contribution >= 4 is 18.0 Å². The van der Waals surface area contributed by atoms with Crippen LogP contribution in [0.15, 0.2) is 54.6 Å². The fraction of sp³-hybridized carbons (Fsp3) is 0.318. The van der Waals surface area contributed by atoms with Crippen LogP contribution in [0.1, 0.15) is 34.3 Å². The average molecular weight is 394 g/mol. The van der Waals surface area contributed by atoms with E-state index in [1.165, 1.54) is 0 Å². The molecule has 2 heterocycles. The normalized spacial score (nSPS) is 20.1. The number of amides is 2. The van der Waals surface area contributed by atoms with Crippen molar-refractivity contribution in [3.05, 3.63) is 71.3 Å². The van der Waals surface area contributed by atoms with Gasteiger partial charge in [0, 0.05) is 12.1 Å². The van der Waals surface area contributed by atoms with Crippen LogP contribution in [0.5, 0.6) is 0 Å². The molecule has 2 aliphatic rings. The molecule has 4 rings (SSSR count). The Kier molecular flexibility index (Phi) is 5.20. The maximum absolute atomic E-state index is 12.6. The molecule has 2 aliphatic heterocycles. The molecule has 7 nitrogen and oxygen atoms in total. The Bertz CT molecular complexity index is 930. The van der Waals surface area contributed by atoms with Gasteiger partial charge in [0.25, 0.3) is 0 Å². The Hall–Kier alpha value is -3.35. The van der Waals surface area contributed by atoms with E-state index in [4.69, 9.17) is 9.47 Å². The van der Waals surface area contributed by atoms with Crippen LogP contribution in [0.25, 0.3) is 0 Å². The summed E-state index contributed by atoms with van der Waals surface area (Å²) in [6.45, 7) is 0.816. The van der Waals surface area contributed by atoms with Gasteiger partial charge in [-0.15, -0.1) is 0 Å². The fourth-order valence-corrected chi connectivity index (χ4v) is 3.92. The topological polar surface area (TPSA) is 84.9 Å². The van der Waals surface area contributed by atoms with Crippen molar-refractivity contribution in [2.45, 2.75) is 25.0 Å². The smallest absolute Gasteiger partial charge is 0.407 e. The first kappa shape index (κ1) is 19.0. The lowest BCUT2D eigenvalue weighted by atomic mass is 9.85. The minimum Gasteiger partial charge on any atom is -0.449 e. The highest BCUT2D eigenvalue weighted by atomic mass is 16.6. The highest BCUT2D eigenvalue weighted by molar-refractivity contribution is 5.95. The minimum absolute atomic E-state index is 0.139. The largest absolute Gasteiger partial charge is 0.449 e. The molecule has 150 valence electrons. The maximum Gasteiger partial charge on any atom is 0.407 e. The quantitative estimate of drug-likeness (QED) is 0.806. The number of carbonyl (C=O) groups is 3. The van der Waals surface area contributed by atoms with Gasteiger partial charge in [-0.25, -0.2) is 9.59 Å². The van der Waals surface area contributed by atoms with Crippen molar-refractivity contribution < 1.29 is 23.9 Å². The van der Waals surface area contributed by atoms with Crippen LogP contribution in [-0.4, -0.2) is 42.5 Å². The van der Waals surface area contributed by atoms with Gasteiger partial charge in [-0.1, -0.05) is 48.5 Å². The number of ether oxygens (including phenoxy) is 2. The number of nitrogens with zero attached hydrogens (tertiary/aromatic N) is 1. The van der Waals surface area contributed by atoms with Gasteiger partial charge in [-0.05, 0) is 24.5 Å². The second-order valence-electron chi connectivity index (χ2n) is 7.26. The Morgan fingerprint density at radius 1 is 1.10 bits per heavy atom. The Morgan fingerprint density at radius 3 is 2.69 bits per heavy atom. The number of alkyl carbamates (subject to hydrolysis) is 1. The van der Waals surface area contributed by atoms with Crippen LogP contribution < -0.4 is 5.32 Å². The number of benzene rings is 2. The predicted molar refractivity (Wildman–Crippen MR) is 104 cm³/mol. The van der Waals surface area contributed by atoms with E-state index < -0.39 is 11.7 Å². The summed E-state index contributed by atoms with van der Waals surface area (Å²) in [5, 5.41) is 2.50. The lowest BCUT2D eigenvalue weighted by molar-refractivity contribution is -0.137. The lowest BCUT2D eigenvalue weighted by Crippen LogP contribution is -2.51. The minimum atomic E-state index is -0.796. The summed E-state index contributed by atoms with van der Waals surface area (Å²) >= 11 is 0. The van der Waals surface area contributed by atoms with Gasteiger partial charge < -0.3 is 19.7 Å². The van der Waals surface area contributed by atoms with Crippen LogP contribution in [0.3, 0.4) is 0 Å². The molecule has 1 N–H and O–H groups in total. The van der Waals surface area contributed by atoms with Crippen molar-refractivity contribution in [3.8, 4) is 0 Å². The van der Waals surface area contributed by atoms with Gasteiger partial charge in [0.05, 0.1) is 12.1 Å². The molecular weight excluding hydrogens is 372 g/mol. The summed E-state index contributed by atoms with van der Waals surface area (Å²) in [5.41, 5.74) is 1.46. The van der Waals surface area contributed by atoms with Crippen molar-refractivity contribution in [3.63, 3.8) is 0 Å². The van der Waals surface area contributed by atoms with Gasteiger partial charge in [-0.3, -0.25) is 4.79 Å². The molecule has 29 heavy (non-hydrogen) atoms. The molecule has 1 unspecified atom stereocenters. The zero-order valence-corrected chi connectivity index (χ0v) is 15.9. The van der Waals surface area contributed by atoms with Crippen LogP contribution in [0.2, 0.25) is 0 Å². The first-order chi connectivity index (χ1) is 14.1. The average Bonchev–Trinajstić information content (AvgIpc) is 3.02. The Labute approximate surface area is 168 Å². The zero-order valence-electron chi connectivity index (χ0n) is 15.9. The lowest BCUT2D eigenvalue weighted by Gasteiger charge is -2.39. The molecule has 1 atom stereocenters. The molecule has 0 aliphatic carbocycles. The third-order valence-corrected chi connectivity index (χ3v) is 5.33. The first-order valence-electron chi connectivity index (χ1n) is 9.63. The molecule has 0 bridgehead atoms. The van der Waals surface area contributed by atoms with Crippen LogP contribution in [0, 0.1) is 0 Å². The van der Waals surface area contributed by atoms with Gasteiger partial charge in [0.1, 0.15) is 13.2 Å². The zero-order chi connectivity index (χ0) is 20.3. The molecule has 2 aromatic rings. The number of esters is 1. The molecular formula is C22H22N2O5. The van der Waals surface area contributed by atoms with E-state index in [9.17, 15) is 14.4 Å². The third-order valence-electron chi connectivity index (χ3n) is 5.33. The summed E-state index contributed by atoms with van der Waals surface area (Å²) in [5.74, 6) is -0.585. The summed E-state index contributed by atoms with van der Waals surface area (Å²) < 4.78 is 10.8. The van der Waals surface area contributed by atoms with E-state index in [1.807, 2.05) is 42.5 Å². The number of rotatable bonds is 4. The highest BCUT2D eigenvalue weighted by Crippen LogP contribution is 2.42. The Balaban J connectivity index is 1.33. The van der Waals surface area contributed by atoms with Crippen molar-refractivity contribution in [1.29, 1.82) is 0 Å². The number of hydrogen-bond donors (Lipinski definition) is 1. The Morgan fingerprint density at radius 2 is 1.86 bits per heavy atom. The summed E-state index contributed by atoms with van der Waals surface area (Å²) in [4.78, 5) is 38.4. The van der Waals surface area contributed by atoms with Crippen molar-refractivity contribution in [2.24, 2.45) is 0 Å². The van der Waals surface area contributed by atoms with Crippen LogP contribution >= 0.6 is 0 Å². The van der Waals surface area contributed by atoms with Crippen LogP contribution in [-0.2, 0) is 26.5 Å². The number of fused-ring (bicyclic) bond motifs is 2. The SMILES string of the molecule is O=C(NCC(=O)N1CCCC2(C1)OC(=O)c1ccccc12)OCc1ccccc1. The van der Waals surface area contributed by atoms with E-state index in [-0.39, 0.29) is 31.6 Å². The van der Waals surface area contributed by atoms with Crippen LogP contribution in [0.4, 0.5) is 4.79 Å². The second kappa shape index (κ2) is 7.95. The van der Waals surface area contributed by atoms with Gasteiger partial charge >= 0.3 is 12.1 Å². The van der Waals surface area contributed by atoms with Gasteiger partial charge in [0.15, 0.2) is 5.60 Å². The molecule has 0 saturated carbocycles. The molecule has 7 heteroatoms. The number of likely N-dealkylation sites (tertiary alicyclic amines) is 1. The van der Waals surface area contributed by atoms with Gasteiger partial charge in [-0.2, -0.15) is 0 Å². The first-order valence-corrected chi connectivity index (χ1v) is 9.63. The molecule has 0 aromatic heterocycles. The molecule has 2 aromatic carbocycles. The van der Waals surface area contributed by atoms with Crippen molar-refractivity contribution in [1.82, 2.24) is 10.2 Å². The molecule has 1 spiro atoms.